The van der Waals surface area contributed by atoms with Crippen molar-refractivity contribution in [3.8, 4) is 44.6 Å². The Morgan fingerprint density at radius 2 is 1.19 bits per heavy atom. The second-order valence-corrected chi connectivity index (χ2v) is 11.6. The van der Waals surface area contributed by atoms with Gasteiger partial charge in [0.1, 0.15) is 0 Å². The van der Waals surface area contributed by atoms with Crippen LogP contribution >= 0.6 is 0 Å². The fourth-order valence-corrected chi connectivity index (χ4v) is 6.28. The van der Waals surface area contributed by atoms with Crippen LogP contribution in [0.5, 0.6) is 0 Å². The number of aryl methyl sites for hydroxylation is 4. The number of nitrogens with zero attached hydrogens (tertiary/aromatic N) is 3. The first-order chi connectivity index (χ1) is 20.9. The van der Waals surface area contributed by atoms with E-state index in [1.54, 1.807) is 0 Å². The largest absolute Gasteiger partial charge is 0.261 e. The van der Waals surface area contributed by atoms with Gasteiger partial charge in [0.15, 0.2) is 0 Å². The Morgan fingerprint density at radius 3 is 1.98 bits per heavy atom. The van der Waals surface area contributed by atoms with Gasteiger partial charge < -0.3 is 0 Å². The fourth-order valence-electron chi connectivity index (χ4n) is 6.28. The third-order valence-corrected chi connectivity index (χ3v) is 8.61. The molecule has 0 atom stereocenters. The van der Waals surface area contributed by atoms with E-state index in [2.05, 4.69) is 118 Å². The van der Waals surface area contributed by atoms with Gasteiger partial charge in [0.2, 0.25) is 0 Å². The molecule has 0 amide bonds. The van der Waals surface area contributed by atoms with Crippen LogP contribution in [0.2, 0.25) is 0 Å². The highest BCUT2D eigenvalue weighted by Crippen LogP contribution is 2.42. The van der Waals surface area contributed by atoms with Gasteiger partial charge in [-0.15, -0.1) is 0 Å². The van der Waals surface area contributed by atoms with Gasteiger partial charge in [-0.25, -0.2) is 0 Å². The van der Waals surface area contributed by atoms with Gasteiger partial charge in [-0.3, -0.25) is 15.0 Å². The molecule has 3 nitrogen and oxygen atoms in total. The van der Waals surface area contributed by atoms with E-state index >= 15 is 0 Å². The molecule has 3 heterocycles. The lowest BCUT2D eigenvalue weighted by Crippen LogP contribution is -1.97. The quantitative estimate of drug-likeness (QED) is 0.203. The van der Waals surface area contributed by atoms with Crippen LogP contribution in [0.3, 0.4) is 0 Å². The van der Waals surface area contributed by atoms with Crippen LogP contribution in [0.25, 0.3) is 66.3 Å². The maximum absolute atomic E-state index is 4.77. The topological polar surface area (TPSA) is 38.7 Å². The van der Waals surface area contributed by atoms with Crippen molar-refractivity contribution < 1.29 is 0 Å². The normalized spacial score (nSPS) is 11.4. The standard InChI is InChI=1S/C40H33N3/c1-24-14-16-42-39(17-24)29-13-12-25(2)35(19-29)37-21-30(20-36(28(37)5)34-18-27(4)43-23-26(34)3)38-22-40-33(11-8-15-41-40)31-9-6-7-10-32(31)38/h6-23H,1-5H3. The molecule has 7 rings (SSSR count). The van der Waals surface area contributed by atoms with E-state index in [-0.39, 0.29) is 0 Å². The third kappa shape index (κ3) is 4.77. The SMILES string of the molecule is Cc1ccnc(-c2ccc(C)c(-c3cc(-c4cc5ncccc5c5ccccc45)cc(-c4cc(C)ncc4C)c3C)c2)c1. The van der Waals surface area contributed by atoms with Crippen LogP contribution < -0.4 is 0 Å². The third-order valence-electron chi connectivity index (χ3n) is 8.61. The number of fused-ring (bicyclic) bond motifs is 3. The van der Waals surface area contributed by atoms with Gasteiger partial charge in [-0.1, -0.05) is 42.5 Å². The highest BCUT2D eigenvalue weighted by atomic mass is 14.7. The van der Waals surface area contributed by atoms with Crippen molar-refractivity contribution in [1.82, 2.24) is 15.0 Å². The summed E-state index contributed by atoms with van der Waals surface area (Å²) in [5, 5.41) is 3.61. The number of pyridine rings is 3. The number of benzene rings is 4. The highest BCUT2D eigenvalue weighted by molar-refractivity contribution is 6.13. The molecular weight excluding hydrogens is 522 g/mol. The van der Waals surface area contributed by atoms with Crippen molar-refractivity contribution in [1.29, 1.82) is 0 Å². The summed E-state index contributed by atoms with van der Waals surface area (Å²) in [6, 6.07) is 33.0. The number of hydrogen-bond donors (Lipinski definition) is 0. The molecule has 0 fully saturated rings. The maximum atomic E-state index is 4.77. The molecule has 43 heavy (non-hydrogen) atoms. The Labute approximate surface area is 253 Å². The Bertz CT molecular complexity index is 2190. The summed E-state index contributed by atoms with van der Waals surface area (Å²) in [5.74, 6) is 0. The monoisotopic (exact) mass is 555 g/mol. The molecule has 7 aromatic rings. The molecule has 0 N–H and O–H groups in total. The minimum absolute atomic E-state index is 0.988. The van der Waals surface area contributed by atoms with E-state index in [1.165, 1.54) is 66.2 Å². The Hall–Kier alpha value is -5.15. The smallest absolute Gasteiger partial charge is 0.0714 e. The van der Waals surface area contributed by atoms with Crippen molar-refractivity contribution in [3.05, 3.63) is 138 Å². The molecule has 0 saturated carbocycles. The van der Waals surface area contributed by atoms with Gasteiger partial charge >= 0.3 is 0 Å². The predicted molar refractivity (Wildman–Crippen MR) is 180 cm³/mol. The molecular formula is C40H33N3. The molecule has 0 spiro atoms. The zero-order valence-corrected chi connectivity index (χ0v) is 25.2. The van der Waals surface area contributed by atoms with E-state index in [0.717, 1.165) is 28.0 Å². The molecule has 4 aromatic carbocycles. The Balaban J connectivity index is 1.55. The Morgan fingerprint density at radius 1 is 0.465 bits per heavy atom. The molecule has 0 bridgehead atoms. The Kier molecular flexibility index (Phi) is 6.59. The predicted octanol–water partition coefficient (Wildman–Crippen LogP) is 10.4. The minimum atomic E-state index is 0.988. The number of hydrogen-bond acceptors (Lipinski definition) is 3. The number of aromatic nitrogens is 3. The summed E-state index contributed by atoms with van der Waals surface area (Å²) in [4.78, 5) is 14.1. The lowest BCUT2D eigenvalue weighted by atomic mass is 9.84. The average Bonchev–Trinajstić information content (AvgIpc) is 3.02. The van der Waals surface area contributed by atoms with E-state index < -0.39 is 0 Å². The summed E-state index contributed by atoms with van der Waals surface area (Å²) in [5.41, 5.74) is 16.2. The molecule has 0 aliphatic carbocycles. The van der Waals surface area contributed by atoms with Crippen LogP contribution in [-0.2, 0) is 0 Å². The van der Waals surface area contributed by atoms with Crippen molar-refractivity contribution in [2.45, 2.75) is 34.6 Å². The molecule has 0 aliphatic rings. The minimum Gasteiger partial charge on any atom is -0.261 e. The zero-order valence-electron chi connectivity index (χ0n) is 25.2. The summed E-state index contributed by atoms with van der Waals surface area (Å²) in [6.45, 7) is 10.8. The summed E-state index contributed by atoms with van der Waals surface area (Å²) < 4.78 is 0. The van der Waals surface area contributed by atoms with Crippen LogP contribution in [0.15, 0.2) is 110 Å². The van der Waals surface area contributed by atoms with Crippen molar-refractivity contribution in [3.63, 3.8) is 0 Å². The fraction of sp³-hybridized carbons (Fsp3) is 0.125. The van der Waals surface area contributed by atoms with Gasteiger partial charge in [-0.05, 0) is 150 Å². The zero-order chi connectivity index (χ0) is 29.7. The van der Waals surface area contributed by atoms with Crippen molar-refractivity contribution >= 4 is 21.7 Å². The first kappa shape index (κ1) is 26.7. The summed E-state index contributed by atoms with van der Waals surface area (Å²) in [7, 11) is 0. The summed E-state index contributed by atoms with van der Waals surface area (Å²) in [6.07, 6.45) is 5.76. The van der Waals surface area contributed by atoms with Crippen LogP contribution in [0.1, 0.15) is 27.9 Å². The number of rotatable bonds is 4. The highest BCUT2D eigenvalue weighted by Gasteiger charge is 2.18. The second kappa shape index (κ2) is 10.6. The van der Waals surface area contributed by atoms with Crippen LogP contribution in [-0.4, -0.2) is 15.0 Å². The first-order valence-electron chi connectivity index (χ1n) is 14.8. The molecule has 0 saturated heterocycles. The van der Waals surface area contributed by atoms with E-state index in [4.69, 9.17) is 9.97 Å². The molecule has 0 radical (unpaired) electrons. The van der Waals surface area contributed by atoms with Crippen LogP contribution in [0.4, 0.5) is 0 Å². The maximum Gasteiger partial charge on any atom is 0.0714 e. The lowest BCUT2D eigenvalue weighted by Gasteiger charge is -2.20. The van der Waals surface area contributed by atoms with Crippen molar-refractivity contribution in [2.75, 3.05) is 0 Å². The lowest BCUT2D eigenvalue weighted by molar-refractivity contribution is 1.17. The van der Waals surface area contributed by atoms with Gasteiger partial charge in [0, 0.05) is 35.2 Å². The van der Waals surface area contributed by atoms with Crippen LogP contribution in [0, 0.1) is 34.6 Å². The van der Waals surface area contributed by atoms with Gasteiger partial charge in [0.25, 0.3) is 0 Å². The molecule has 3 heteroatoms. The molecule has 0 unspecified atom stereocenters. The average molecular weight is 556 g/mol. The summed E-state index contributed by atoms with van der Waals surface area (Å²) >= 11 is 0. The van der Waals surface area contributed by atoms with Crippen molar-refractivity contribution in [2.24, 2.45) is 0 Å². The first-order valence-corrected chi connectivity index (χ1v) is 14.8. The van der Waals surface area contributed by atoms with E-state index in [0.29, 0.717) is 0 Å². The molecule has 208 valence electrons. The van der Waals surface area contributed by atoms with Gasteiger partial charge in [-0.2, -0.15) is 0 Å². The van der Waals surface area contributed by atoms with E-state index in [1.807, 2.05) is 30.7 Å². The second-order valence-electron chi connectivity index (χ2n) is 11.6. The molecule has 3 aromatic heterocycles. The van der Waals surface area contributed by atoms with Gasteiger partial charge in [0.05, 0.1) is 11.2 Å². The van der Waals surface area contributed by atoms with E-state index in [9.17, 15) is 0 Å². The molecule has 0 aliphatic heterocycles.